The van der Waals surface area contributed by atoms with Crippen molar-refractivity contribution in [3.05, 3.63) is 11.9 Å². The number of hydrogen-bond acceptors (Lipinski definition) is 4. The number of nitrogens with two attached hydrogens (primary N) is 1. The molecule has 1 aromatic rings. The molecule has 2 fully saturated rings. The zero-order valence-electron chi connectivity index (χ0n) is 11.0. The third-order valence-electron chi connectivity index (χ3n) is 3.99. The molecule has 98 valence electrons. The van der Waals surface area contributed by atoms with Crippen molar-refractivity contribution in [1.29, 1.82) is 0 Å². The van der Waals surface area contributed by atoms with E-state index >= 15 is 0 Å². The van der Waals surface area contributed by atoms with E-state index in [9.17, 15) is 0 Å². The number of nitrogens with one attached hydrogen (secondary N) is 1. The van der Waals surface area contributed by atoms with Gasteiger partial charge in [-0.15, -0.1) is 0 Å². The van der Waals surface area contributed by atoms with Crippen molar-refractivity contribution in [2.75, 3.05) is 11.1 Å². The molecule has 2 atom stereocenters. The van der Waals surface area contributed by atoms with Gasteiger partial charge >= 0.3 is 0 Å². The minimum atomic E-state index is 0.551. The van der Waals surface area contributed by atoms with E-state index in [0.29, 0.717) is 17.8 Å². The highest BCUT2D eigenvalue weighted by Crippen LogP contribution is 2.38. The monoisotopic (exact) mass is 246 g/mol. The molecule has 0 amide bonds. The van der Waals surface area contributed by atoms with Crippen molar-refractivity contribution in [1.82, 2.24) is 9.97 Å². The summed E-state index contributed by atoms with van der Waals surface area (Å²) >= 11 is 0. The lowest BCUT2D eigenvalue weighted by Crippen LogP contribution is -2.26. The van der Waals surface area contributed by atoms with E-state index < -0.39 is 0 Å². The van der Waals surface area contributed by atoms with Crippen molar-refractivity contribution in [3.8, 4) is 0 Å². The summed E-state index contributed by atoms with van der Waals surface area (Å²) in [6.45, 7) is 2.33. The Hall–Kier alpha value is -1.32. The highest BCUT2D eigenvalue weighted by Gasteiger charge is 2.27. The van der Waals surface area contributed by atoms with Crippen LogP contribution in [0.1, 0.15) is 57.2 Å². The van der Waals surface area contributed by atoms with Crippen LogP contribution in [0.5, 0.6) is 0 Å². The van der Waals surface area contributed by atoms with Gasteiger partial charge in [-0.05, 0) is 31.6 Å². The Morgan fingerprint density at radius 1 is 1.22 bits per heavy atom. The minimum absolute atomic E-state index is 0.551. The molecular weight excluding hydrogens is 224 g/mol. The fourth-order valence-corrected chi connectivity index (χ4v) is 2.86. The van der Waals surface area contributed by atoms with Crippen LogP contribution in [-0.2, 0) is 0 Å². The molecule has 1 heterocycles. The summed E-state index contributed by atoms with van der Waals surface area (Å²) in [4.78, 5) is 8.94. The fraction of sp³-hybridized carbons (Fsp3) is 0.714. The van der Waals surface area contributed by atoms with Crippen LogP contribution in [0.2, 0.25) is 0 Å². The summed E-state index contributed by atoms with van der Waals surface area (Å²) in [5.41, 5.74) is 5.87. The van der Waals surface area contributed by atoms with Gasteiger partial charge in [0.15, 0.2) is 0 Å². The summed E-state index contributed by atoms with van der Waals surface area (Å²) in [7, 11) is 0. The first kappa shape index (κ1) is 11.8. The Labute approximate surface area is 108 Å². The van der Waals surface area contributed by atoms with E-state index in [4.69, 9.17) is 5.73 Å². The largest absolute Gasteiger partial charge is 0.384 e. The maximum absolute atomic E-state index is 5.87. The van der Waals surface area contributed by atoms with Gasteiger partial charge in [-0.1, -0.05) is 19.8 Å². The van der Waals surface area contributed by atoms with E-state index in [1.807, 2.05) is 6.07 Å². The molecule has 3 N–H and O–H groups in total. The summed E-state index contributed by atoms with van der Waals surface area (Å²) in [6, 6.07) is 2.42. The van der Waals surface area contributed by atoms with Gasteiger partial charge in [-0.25, -0.2) is 9.97 Å². The number of anilines is 2. The first-order valence-electron chi connectivity index (χ1n) is 7.11. The molecule has 0 aromatic carbocycles. The van der Waals surface area contributed by atoms with Crippen LogP contribution in [0.25, 0.3) is 0 Å². The molecular formula is C14H22N4. The highest BCUT2D eigenvalue weighted by atomic mass is 15.1. The second-order valence-electron chi connectivity index (χ2n) is 5.92. The van der Waals surface area contributed by atoms with Gasteiger partial charge in [0.05, 0.1) is 0 Å². The average molecular weight is 246 g/mol. The van der Waals surface area contributed by atoms with E-state index in [0.717, 1.165) is 17.6 Å². The van der Waals surface area contributed by atoms with Gasteiger partial charge in [0.25, 0.3) is 0 Å². The zero-order valence-corrected chi connectivity index (χ0v) is 11.0. The molecule has 3 rings (SSSR count). The van der Waals surface area contributed by atoms with Crippen LogP contribution in [0.15, 0.2) is 6.07 Å². The molecule has 2 aliphatic carbocycles. The molecule has 4 nitrogen and oxygen atoms in total. The molecule has 0 bridgehead atoms. The Morgan fingerprint density at radius 3 is 2.78 bits per heavy atom. The summed E-state index contributed by atoms with van der Waals surface area (Å²) in [5, 5.41) is 3.54. The van der Waals surface area contributed by atoms with Crippen LogP contribution in [0.3, 0.4) is 0 Å². The van der Waals surface area contributed by atoms with Crippen LogP contribution < -0.4 is 11.1 Å². The summed E-state index contributed by atoms with van der Waals surface area (Å²) in [5.74, 6) is 3.82. The van der Waals surface area contributed by atoms with Crippen molar-refractivity contribution in [3.63, 3.8) is 0 Å². The minimum Gasteiger partial charge on any atom is -0.384 e. The van der Waals surface area contributed by atoms with Gasteiger partial charge in [-0.3, -0.25) is 0 Å². The molecule has 2 aliphatic rings. The lowest BCUT2D eigenvalue weighted by Gasteiger charge is -2.28. The van der Waals surface area contributed by atoms with E-state index in [-0.39, 0.29) is 0 Å². The number of nitrogens with zero attached hydrogens (tertiary/aromatic N) is 2. The van der Waals surface area contributed by atoms with Crippen molar-refractivity contribution < 1.29 is 0 Å². The maximum atomic E-state index is 5.87. The third-order valence-corrected chi connectivity index (χ3v) is 3.99. The van der Waals surface area contributed by atoms with E-state index in [1.165, 1.54) is 38.5 Å². The van der Waals surface area contributed by atoms with Gasteiger partial charge < -0.3 is 11.1 Å². The quantitative estimate of drug-likeness (QED) is 0.860. The second-order valence-corrected chi connectivity index (χ2v) is 5.92. The Morgan fingerprint density at radius 2 is 2.06 bits per heavy atom. The van der Waals surface area contributed by atoms with Gasteiger partial charge in [-0.2, -0.15) is 0 Å². The lowest BCUT2D eigenvalue weighted by molar-refractivity contribution is 0.358. The second kappa shape index (κ2) is 4.75. The van der Waals surface area contributed by atoms with Crippen molar-refractivity contribution in [2.45, 2.75) is 57.4 Å². The molecule has 2 unspecified atom stereocenters. The number of rotatable bonds is 3. The summed E-state index contributed by atoms with van der Waals surface area (Å²) < 4.78 is 0. The first-order valence-corrected chi connectivity index (χ1v) is 7.11. The topological polar surface area (TPSA) is 63.8 Å². The fourth-order valence-electron chi connectivity index (χ4n) is 2.86. The van der Waals surface area contributed by atoms with Gasteiger partial charge in [0, 0.05) is 18.0 Å². The number of nitrogen functional groups attached to an aromatic ring is 1. The van der Waals surface area contributed by atoms with Crippen LogP contribution >= 0.6 is 0 Å². The Kier molecular flexibility index (Phi) is 3.10. The molecule has 0 saturated heterocycles. The SMILES string of the molecule is CC1CCCC(Nc2cc(N)nc(C3CC3)n2)C1. The molecule has 4 heteroatoms. The predicted octanol–water partition coefficient (Wildman–Crippen LogP) is 2.93. The van der Waals surface area contributed by atoms with Gasteiger partial charge in [0.2, 0.25) is 0 Å². The molecule has 18 heavy (non-hydrogen) atoms. The molecule has 1 aromatic heterocycles. The van der Waals surface area contributed by atoms with Gasteiger partial charge in [0.1, 0.15) is 17.5 Å². The third kappa shape index (κ3) is 2.74. The molecule has 0 aliphatic heterocycles. The normalized spacial score (nSPS) is 28.1. The first-order chi connectivity index (χ1) is 8.70. The maximum Gasteiger partial charge on any atom is 0.136 e. The van der Waals surface area contributed by atoms with Crippen molar-refractivity contribution in [2.24, 2.45) is 5.92 Å². The standard InChI is InChI=1S/C14H22N4/c1-9-3-2-4-11(7-9)16-13-8-12(15)17-14(18-13)10-5-6-10/h8-11H,2-7H2,1H3,(H3,15,16,17,18). The highest BCUT2D eigenvalue weighted by molar-refractivity contribution is 5.46. The van der Waals surface area contributed by atoms with Crippen molar-refractivity contribution >= 4 is 11.6 Å². The Bertz CT molecular complexity index is 428. The lowest BCUT2D eigenvalue weighted by atomic mass is 9.87. The zero-order chi connectivity index (χ0) is 12.5. The predicted molar refractivity (Wildman–Crippen MR) is 73.5 cm³/mol. The van der Waals surface area contributed by atoms with E-state index in [1.54, 1.807) is 0 Å². The average Bonchev–Trinajstić information content (AvgIpc) is 3.11. The summed E-state index contributed by atoms with van der Waals surface area (Å²) in [6.07, 6.45) is 7.58. The smallest absolute Gasteiger partial charge is 0.136 e. The number of aromatic nitrogens is 2. The van der Waals surface area contributed by atoms with Crippen LogP contribution in [-0.4, -0.2) is 16.0 Å². The van der Waals surface area contributed by atoms with E-state index in [2.05, 4.69) is 22.2 Å². The van der Waals surface area contributed by atoms with Crippen LogP contribution in [0, 0.1) is 5.92 Å². The Balaban J connectivity index is 1.71. The van der Waals surface area contributed by atoms with Crippen LogP contribution in [0.4, 0.5) is 11.6 Å². The molecule has 0 spiro atoms. The molecule has 0 radical (unpaired) electrons. The molecule has 2 saturated carbocycles. The number of hydrogen-bond donors (Lipinski definition) is 2.